The van der Waals surface area contributed by atoms with E-state index in [9.17, 15) is 4.79 Å². The van der Waals surface area contributed by atoms with Crippen molar-refractivity contribution < 1.29 is 4.79 Å². The molecule has 3 nitrogen and oxygen atoms in total. The third kappa shape index (κ3) is 4.66. The Morgan fingerprint density at radius 3 is 2.27 bits per heavy atom. The third-order valence-electron chi connectivity index (χ3n) is 4.91. The van der Waals surface area contributed by atoms with Crippen molar-refractivity contribution in [3.8, 4) is 0 Å². The van der Waals surface area contributed by atoms with E-state index < -0.39 is 0 Å². The van der Waals surface area contributed by atoms with Crippen LogP contribution in [0.5, 0.6) is 0 Å². The molecule has 2 aromatic carbocycles. The quantitative estimate of drug-likeness (QED) is 0.491. The van der Waals surface area contributed by atoms with E-state index in [2.05, 4.69) is 34.8 Å². The molecule has 2 aromatic rings. The van der Waals surface area contributed by atoms with Crippen LogP contribution in [0.15, 0.2) is 47.6 Å². The molecule has 1 aliphatic rings. The van der Waals surface area contributed by atoms with Crippen LogP contribution in [0.25, 0.3) is 0 Å². The average Bonchev–Trinajstić information content (AvgIpc) is 2.68. The predicted octanol–water partition coefficient (Wildman–Crippen LogP) is 6.20. The summed E-state index contributed by atoms with van der Waals surface area (Å²) in [7, 11) is 0. The normalized spacial score (nSPS) is 15.7. The first-order valence-electron chi connectivity index (χ1n) is 8.94. The molecule has 1 saturated carbocycles. The van der Waals surface area contributed by atoms with E-state index in [0.29, 0.717) is 21.5 Å². The van der Waals surface area contributed by atoms with Crippen molar-refractivity contribution in [3.63, 3.8) is 0 Å². The fourth-order valence-electron chi connectivity index (χ4n) is 3.33. The zero-order valence-electron chi connectivity index (χ0n) is 14.8. The Kier molecular flexibility index (Phi) is 6.33. The van der Waals surface area contributed by atoms with Crippen LogP contribution in [0.4, 0.5) is 0 Å². The Morgan fingerprint density at radius 2 is 1.62 bits per heavy atom. The van der Waals surface area contributed by atoms with Crippen LogP contribution < -0.4 is 5.43 Å². The Bertz CT molecular complexity index is 809. The lowest BCUT2D eigenvalue weighted by Crippen LogP contribution is -2.19. The monoisotopic (exact) mass is 388 g/mol. The molecule has 26 heavy (non-hydrogen) atoms. The lowest BCUT2D eigenvalue weighted by Gasteiger charge is -2.22. The van der Waals surface area contributed by atoms with E-state index in [1.807, 2.05) is 6.92 Å². The van der Waals surface area contributed by atoms with Crippen LogP contribution in [0.1, 0.15) is 66.4 Å². The molecule has 1 N–H and O–H groups in total. The highest BCUT2D eigenvalue weighted by Gasteiger charge is 2.15. The Morgan fingerprint density at radius 1 is 0.962 bits per heavy atom. The number of rotatable bonds is 4. The minimum Gasteiger partial charge on any atom is -0.267 e. The van der Waals surface area contributed by atoms with Crippen molar-refractivity contribution >= 4 is 34.8 Å². The van der Waals surface area contributed by atoms with E-state index in [1.54, 1.807) is 12.1 Å². The molecule has 3 rings (SSSR count). The number of amides is 1. The highest BCUT2D eigenvalue weighted by atomic mass is 35.5. The van der Waals surface area contributed by atoms with Gasteiger partial charge in [-0.05, 0) is 55.0 Å². The second-order valence-electron chi connectivity index (χ2n) is 6.72. The molecule has 0 saturated heterocycles. The van der Waals surface area contributed by atoms with Gasteiger partial charge in [0.1, 0.15) is 0 Å². The summed E-state index contributed by atoms with van der Waals surface area (Å²) in [5, 5.41) is 4.97. The zero-order chi connectivity index (χ0) is 18.5. The Balaban J connectivity index is 1.65. The van der Waals surface area contributed by atoms with Gasteiger partial charge in [-0.2, -0.15) is 5.10 Å². The first-order chi connectivity index (χ1) is 12.5. The number of nitrogens with one attached hydrogen (secondary N) is 1. The molecule has 0 heterocycles. The molecule has 0 aliphatic heterocycles. The molecule has 1 fully saturated rings. The fourth-order valence-corrected chi connectivity index (χ4v) is 3.63. The molecule has 1 amide bonds. The molecular weight excluding hydrogens is 367 g/mol. The van der Waals surface area contributed by atoms with E-state index in [1.165, 1.54) is 43.7 Å². The minimum atomic E-state index is -0.318. The summed E-state index contributed by atoms with van der Waals surface area (Å²) in [6.45, 7) is 1.88. The van der Waals surface area contributed by atoms with Gasteiger partial charge in [0.15, 0.2) is 0 Å². The first-order valence-corrected chi connectivity index (χ1v) is 9.70. The fraction of sp³-hybridized carbons (Fsp3) is 0.333. The van der Waals surface area contributed by atoms with Crippen LogP contribution in [-0.4, -0.2) is 11.6 Å². The summed E-state index contributed by atoms with van der Waals surface area (Å²) in [6, 6.07) is 13.3. The van der Waals surface area contributed by atoms with Gasteiger partial charge in [-0.3, -0.25) is 4.79 Å². The molecule has 0 aromatic heterocycles. The van der Waals surface area contributed by atoms with E-state index in [4.69, 9.17) is 23.2 Å². The van der Waals surface area contributed by atoms with E-state index in [-0.39, 0.29) is 5.91 Å². The molecular formula is C21H22Cl2N2O. The van der Waals surface area contributed by atoms with Gasteiger partial charge in [-0.25, -0.2) is 5.43 Å². The number of hydrogen-bond donors (Lipinski definition) is 1. The SMILES string of the molecule is CC(=NNC(=O)c1ccc(Cl)c(Cl)c1)c1ccc(C2CCCCC2)cc1. The number of carbonyl (C=O) groups is 1. The van der Waals surface area contributed by atoms with Crippen LogP contribution in [0.2, 0.25) is 10.0 Å². The first kappa shape index (κ1) is 18.9. The minimum absolute atomic E-state index is 0.318. The van der Waals surface area contributed by atoms with Gasteiger partial charge in [-0.1, -0.05) is 66.7 Å². The smallest absolute Gasteiger partial charge is 0.267 e. The number of hydrogen-bond acceptors (Lipinski definition) is 2. The number of nitrogens with zero attached hydrogens (tertiary/aromatic N) is 1. The van der Waals surface area contributed by atoms with Gasteiger partial charge in [0.05, 0.1) is 15.8 Å². The van der Waals surface area contributed by atoms with Gasteiger partial charge in [-0.15, -0.1) is 0 Å². The maximum atomic E-state index is 12.2. The van der Waals surface area contributed by atoms with Crippen molar-refractivity contribution in [3.05, 3.63) is 69.2 Å². The van der Waals surface area contributed by atoms with Crippen molar-refractivity contribution in [2.75, 3.05) is 0 Å². The van der Waals surface area contributed by atoms with Crippen LogP contribution in [0.3, 0.4) is 0 Å². The van der Waals surface area contributed by atoms with Crippen LogP contribution in [0, 0.1) is 0 Å². The summed E-state index contributed by atoms with van der Waals surface area (Å²) in [6.07, 6.45) is 6.58. The van der Waals surface area contributed by atoms with Crippen LogP contribution in [-0.2, 0) is 0 Å². The Hall–Kier alpha value is -1.84. The van der Waals surface area contributed by atoms with Gasteiger partial charge in [0.25, 0.3) is 5.91 Å². The third-order valence-corrected chi connectivity index (χ3v) is 5.65. The van der Waals surface area contributed by atoms with Crippen molar-refractivity contribution in [2.45, 2.75) is 44.9 Å². The number of hydrazone groups is 1. The topological polar surface area (TPSA) is 41.5 Å². The molecule has 5 heteroatoms. The van der Waals surface area contributed by atoms with Gasteiger partial charge < -0.3 is 0 Å². The number of halogens is 2. The number of benzene rings is 2. The standard InChI is InChI=1S/C21H22Cl2N2O/c1-14(24-25-21(26)18-11-12-19(22)20(23)13-18)15-7-9-17(10-8-15)16-5-3-2-4-6-16/h7-13,16H,2-6H2,1H3,(H,25,26). The van der Waals surface area contributed by atoms with Crippen molar-refractivity contribution in [1.82, 2.24) is 5.43 Å². The average molecular weight is 389 g/mol. The highest BCUT2D eigenvalue weighted by molar-refractivity contribution is 6.42. The zero-order valence-corrected chi connectivity index (χ0v) is 16.3. The summed E-state index contributed by atoms with van der Waals surface area (Å²) in [4.78, 5) is 12.2. The number of carbonyl (C=O) groups excluding carboxylic acids is 1. The van der Waals surface area contributed by atoms with Gasteiger partial charge in [0.2, 0.25) is 0 Å². The molecule has 0 atom stereocenters. The maximum Gasteiger partial charge on any atom is 0.271 e. The molecule has 0 bridgehead atoms. The largest absolute Gasteiger partial charge is 0.271 e. The molecule has 1 aliphatic carbocycles. The molecule has 0 radical (unpaired) electrons. The molecule has 0 spiro atoms. The summed E-state index contributed by atoms with van der Waals surface area (Å²) >= 11 is 11.8. The molecule has 0 unspecified atom stereocenters. The maximum absolute atomic E-state index is 12.2. The lowest BCUT2D eigenvalue weighted by atomic mass is 9.84. The van der Waals surface area contributed by atoms with Gasteiger partial charge in [0, 0.05) is 5.56 Å². The summed E-state index contributed by atoms with van der Waals surface area (Å²) in [5.41, 5.74) is 6.15. The second-order valence-corrected chi connectivity index (χ2v) is 7.54. The second kappa shape index (κ2) is 8.70. The van der Waals surface area contributed by atoms with Gasteiger partial charge >= 0.3 is 0 Å². The van der Waals surface area contributed by atoms with Crippen molar-refractivity contribution in [2.24, 2.45) is 5.10 Å². The Labute approximate surface area is 164 Å². The van der Waals surface area contributed by atoms with E-state index >= 15 is 0 Å². The van der Waals surface area contributed by atoms with Crippen molar-refractivity contribution in [1.29, 1.82) is 0 Å². The molecule has 136 valence electrons. The predicted molar refractivity (Wildman–Crippen MR) is 108 cm³/mol. The lowest BCUT2D eigenvalue weighted by molar-refractivity contribution is 0.0955. The summed E-state index contributed by atoms with van der Waals surface area (Å²) < 4.78 is 0. The van der Waals surface area contributed by atoms with E-state index in [0.717, 1.165) is 11.3 Å². The van der Waals surface area contributed by atoms with Crippen LogP contribution >= 0.6 is 23.2 Å². The highest BCUT2D eigenvalue weighted by Crippen LogP contribution is 2.32. The summed E-state index contributed by atoms with van der Waals surface area (Å²) in [5.74, 6) is 0.367.